The van der Waals surface area contributed by atoms with Crippen LogP contribution in [0.2, 0.25) is 0 Å². The number of hydrogen-bond acceptors (Lipinski definition) is 4. The average molecular weight is 363 g/mol. The van der Waals surface area contributed by atoms with Crippen molar-refractivity contribution in [1.82, 2.24) is 4.90 Å². The second-order valence-electron chi connectivity index (χ2n) is 8.15. The van der Waals surface area contributed by atoms with Crippen LogP contribution in [0.3, 0.4) is 0 Å². The van der Waals surface area contributed by atoms with Gasteiger partial charge in [0.1, 0.15) is 5.60 Å². The zero-order chi connectivity index (χ0) is 19.2. The van der Waals surface area contributed by atoms with Gasteiger partial charge in [-0.1, -0.05) is 30.3 Å². The quantitative estimate of drug-likeness (QED) is 0.745. The molecule has 2 unspecified atom stereocenters. The highest BCUT2D eigenvalue weighted by molar-refractivity contribution is 5.68. The van der Waals surface area contributed by atoms with Gasteiger partial charge in [0.15, 0.2) is 0 Å². The Morgan fingerprint density at radius 2 is 1.92 bits per heavy atom. The van der Waals surface area contributed by atoms with E-state index in [0.29, 0.717) is 26.1 Å². The minimum atomic E-state index is -0.939. The molecule has 0 aliphatic carbocycles. The lowest BCUT2D eigenvalue weighted by atomic mass is 9.77. The van der Waals surface area contributed by atoms with Gasteiger partial charge in [0.2, 0.25) is 0 Å². The third kappa shape index (κ3) is 5.45. The third-order valence-corrected chi connectivity index (χ3v) is 4.95. The van der Waals surface area contributed by atoms with Gasteiger partial charge in [0.25, 0.3) is 0 Å². The van der Waals surface area contributed by atoms with Crippen molar-refractivity contribution in [2.45, 2.75) is 57.7 Å². The molecule has 1 fully saturated rings. The molecular weight excluding hydrogens is 330 g/mol. The van der Waals surface area contributed by atoms with Gasteiger partial charge in [-0.25, -0.2) is 4.79 Å². The third-order valence-electron chi connectivity index (χ3n) is 4.95. The predicted octanol–water partition coefficient (Wildman–Crippen LogP) is 3.95. The molecule has 1 aliphatic heterocycles. The molecule has 1 amide bonds. The zero-order valence-electron chi connectivity index (χ0n) is 16.5. The number of nitrogens with zero attached hydrogens (tertiary/aromatic N) is 1. The second-order valence-corrected chi connectivity index (χ2v) is 8.15. The Morgan fingerprint density at radius 3 is 2.54 bits per heavy atom. The smallest absolute Gasteiger partial charge is 0.410 e. The van der Waals surface area contributed by atoms with Crippen molar-refractivity contribution in [2.75, 3.05) is 26.8 Å². The van der Waals surface area contributed by atoms with Crippen LogP contribution in [0.25, 0.3) is 0 Å². The number of ether oxygens (including phenoxy) is 2. The highest BCUT2D eigenvalue weighted by Crippen LogP contribution is 2.40. The molecule has 5 nitrogen and oxygen atoms in total. The Bertz CT molecular complexity index is 569. The Hall–Kier alpha value is -1.59. The molecule has 1 heterocycles. The first-order chi connectivity index (χ1) is 12.3. The first-order valence-electron chi connectivity index (χ1n) is 9.51. The van der Waals surface area contributed by atoms with E-state index in [1.54, 1.807) is 12.0 Å². The fraction of sp³-hybridized carbons (Fsp3) is 0.667. The van der Waals surface area contributed by atoms with Crippen molar-refractivity contribution in [1.29, 1.82) is 0 Å². The largest absolute Gasteiger partial charge is 0.444 e. The monoisotopic (exact) mass is 363 g/mol. The fourth-order valence-corrected chi connectivity index (χ4v) is 3.59. The van der Waals surface area contributed by atoms with Crippen molar-refractivity contribution in [3.63, 3.8) is 0 Å². The summed E-state index contributed by atoms with van der Waals surface area (Å²) in [4.78, 5) is 14.1. The molecule has 0 bridgehead atoms. The number of carbonyl (C=O) groups is 1. The molecule has 1 N–H and O–H groups in total. The van der Waals surface area contributed by atoms with Crippen LogP contribution in [0.5, 0.6) is 0 Å². The summed E-state index contributed by atoms with van der Waals surface area (Å²) in [6.45, 7) is 7.44. The number of benzene rings is 1. The van der Waals surface area contributed by atoms with Gasteiger partial charge in [-0.2, -0.15) is 0 Å². The van der Waals surface area contributed by atoms with Gasteiger partial charge < -0.3 is 19.5 Å². The standard InChI is InChI=1S/C21H33NO4/c1-20(2,3)26-19(23)22-14-12-18(16-22)21(24,13-8-9-15-25-4)17-10-6-5-7-11-17/h5-7,10-11,18,24H,8-9,12-16H2,1-4H3. The van der Waals surface area contributed by atoms with Crippen molar-refractivity contribution >= 4 is 6.09 Å². The van der Waals surface area contributed by atoms with Gasteiger partial charge >= 0.3 is 6.09 Å². The van der Waals surface area contributed by atoms with Crippen molar-refractivity contribution < 1.29 is 19.4 Å². The molecule has 5 heteroatoms. The van der Waals surface area contributed by atoms with Crippen LogP contribution in [0.1, 0.15) is 52.0 Å². The van der Waals surface area contributed by atoms with Crippen LogP contribution in [-0.2, 0) is 15.1 Å². The lowest BCUT2D eigenvalue weighted by molar-refractivity contribution is -0.0326. The summed E-state index contributed by atoms with van der Waals surface area (Å²) in [7, 11) is 1.69. The zero-order valence-corrected chi connectivity index (χ0v) is 16.5. The maximum atomic E-state index is 12.4. The molecule has 1 aromatic rings. The maximum absolute atomic E-state index is 12.4. The van der Waals surface area contributed by atoms with Crippen LogP contribution in [0.4, 0.5) is 4.79 Å². The molecule has 0 radical (unpaired) electrons. The van der Waals surface area contributed by atoms with Gasteiger partial charge in [-0.05, 0) is 52.0 Å². The molecule has 146 valence electrons. The molecule has 1 aliphatic rings. The summed E-state index contributed by atoms with van der Waals surface area (Å²) in [5, 5.41) is 11.6. The maximum Gasteiger partial charge on any atom is 0.410 e. The topological polar surface area (TPSA) is 59.0 Å². The summed E-state index contributed by atoms with van der Waals surface area (Å²) in [6, 6.07) is 9.82. The SMILES string of the molecule is COCCCCC(O)(c1ccccc1)C1CCN(C(=O)OC(C)(C)C)C1. The summed E-state index contributed by atoms with van der Waals surface area (Å²) < 4.78 is 10.6. The van der Waals surface area contributed by atoms with Gasteiger partial charge in [-0.3, -0.25) is 0 Å². The van der Waals surface area contributed by atoms with Crippen molar-refractivity contribution in [3.05, 3.63) is 35.9 Å². The van der Waals surface area contributed by atoms with Crippen molar-refractivity contribution in [3.8, 4) is 0 Å². The summed E-state index contributed by atoms with van der Waals surface area (Å²) in [5.41, 5.74) is -0.523. The van der Waals surface area contributed by atoms with Crippen LogP contribution < -0.4 is 0 Å². The van der Waals surface area contributed by atoms with E-state index in [4.69, 9.17) is 9.47 Å². The molecule has 0 saturated carbocycles. The molecule has 0 spiro atoms. The number of likely N-dealkylation sites (tertiary alicyclic amines) is 1. The number of carbonyl (C=O) groups excluding carboxylic acids is 1. The number of hydrogen-bond donors (Lipinski definition) is 1. The average Bonchev–Trinajstić information content (AvgIpc) is 3.09. The van der Waals surface area contributed by atoms with Gasteiger partial charge in [0.05, 0.1) is 5.60 Å². The van der Waals surface area contributed by atoms with E-state index >= 15 is 0 Å². The van der Waals surface area contributed by atoms with E-state index in [2.05, 4.69) is 0 Å². The summed E-state index contributed by atoms with van der Waals surface area (Å²) in [6.07, 6.45) is 2.92. The normalized spacial score (nSPS) is 20.0. The number of methoxy groups -OCH3 is 1. The lowest BCUT2D eigenvalue weighted by Crippen LogP contribution is -2.40. The number of unbranched alkanes of at least 4 members (excludes halogenated alkanes) is 1. The van der Waals surface area contributed by atoms with E-state index < -0.39 is 11.2 Å². The Labute approximate surface area is 157 Å². The first kappa shape index (κ1) is 20.7. The van der Waals surface area contributed by atoms with E-state index in [-0.39, 0.29) is 12.0 Å². The van der Waals surface area contributed by atoms with Crippen LogP contribution in [0.15, 0.2) is 30.3 Å². The Morgan fingerprint density at radius 1 is 1.23 bits per heavy atom. The van der Waals surface area contributed by atoms with E-state index in [1.165, 1.54) is 0 Å². The van der Waals surface area contributed by atoms with Crippen LogP contribution >= 0.6 is 0 Å². The molecule has 1 aromatic carbocycles. The molecule has 26 heavy (non-hydrogen) atoms. The first-order valence-corrected chi connectivity index (χ1v) is 9.51. The summed E-state index contributed by atoms with van der Waals surface area (Å²) >= 11 is 0. The Balaban J connectivity index is 2.10. The molecule has 0 aromatic heterocycles. The molecule has 2 atom stereocenters. The van der Waals surface area contributed by atoms with Gasteiger partial charge in [-0.15, -0.1) is 0 Å². The molecule has 1 saturated heterocycles. The molecule has 2 rings (SSSR count). The van der Waals surface area contributed by atoms with Crippen molar-refractivity contribution in [2.24, 2.45) is 5.92 Å². The fourth-order valence-electron chi connectivity index (χ4n) is 3.59. The Kier molecular flexibility index (Phi) is 7.07. The lowest BCUT2D eigenvalue weighted by Gasteiger charge is -2.35. The minimum absolute atomic E-state index is 0.0000340. The summed E-state index contributed by atoms with van der Waals surface area (Å²) in [5.74, 6) is -0.0000340. The number of amides is 1. The second kappa shape index (κ2) is 8.87. The van der Waals surface area contributed by atoms with E-state index in [0.717, 1.165) is 24.8 Å². The number of rotatable bonds is 7. The molecular formula is C21H33NO4. The minimum Gasteiger partial charge on any atom is -0.444 e. The van der Waals surface area contributed by atoms with E-state index in [1.807, 2.05) is 51.1 Å². The highest BCUT2D eigenvalue weighted by Gasteiger charge is 2.43. The highest BCUT2D eigenvalue weighted by atomic mass is 16.6. The van der Waals surface area contributed by atoms with Crippen LogP contribution in [-0.4, -0.2) is 48.5 Å². The predicted molar refractivity (Wildman–Crippen MR) is 102 cm³/mol. The van der Waals surface area contributed by atoms with Gasteiger partial charge in [0, 0.05) is 32.7 Å². The number of aliphatic hydroxyl groups is 1. The van der Waals surface area contributed by atoms with Crippen LogP contribution in [0, 0.1) is 5.92 Å². The van der Waals surface area contributed by atoms with E-state index in [9.17, 15) is 9.90 Å².